The predicted octanol–water partition coefficient (Wildman–Crippen LogP) is 3.99. The van der Waals surface area contributed by atoms with Gasteiger partial charge in [0.2, 0.25) is 5.88 Å². The number of carbonyl (C=O) groups is 2. The smallest absolute Gasteiger partial charge is 0.257 e. The Kier molecular flexibility index (Phi) is 9.88. The Labute approximate surface area is 224 Å². The molecule has 11 heteroatoms. The first-order valence-corrected chi connectivity index (χ1v) is 14.0. The average Bonchev–Trinajstić information content (AvgIpc) is 2.90. The van der Waals surface area contributed by atoms with Crippen LogP contribution in [0, 0.1) is 5.82 Å². The van der Waals surface area contributed by atoms with Crippen molar-refractivity contribution in [2.75, 3.05) is 24.7 Å². The molecule has 0 bridgehead atoms. The molecule has 1 aliphatic heterocycles. The zero-order valence-electron chi connectivity index (χ0n) is 20.4. The molecule has 1 saturated carbocycles. The van der Waals surface area contributed by atoms with Gasteiger partial charge in [-0.3, -0.25) is 9.59 Å². The number of ether oxygens (including phenoxy) is 2. The van der Waals surface area contributed by atoms with Gasteiger partial charge in [0.1, 0.15) is 24.1 Å². The van der Waals surface area contributed by atoms with E-state index in [0.29, 0.717) is 36.3 Å². The van der Waals surface area contributed by atoms with Crippen molar-refractivity contribution in [2.45, 2.75) is 56.7 Å². The van der Waals surface area contributed by atoms with E-state index in [9.17, 15) is 14.0 Å². The van der Waals surface area contributed by atoms with Gasteiger partial charge >= 0.3 is 0 Å². The van der Waals surface area contributed by atoms with E-state index < -0.39 is 11.7 Å². The number of nitrogens with zero attached hydrogens (tertiary/aromatic N) is 1. The van der Waals surface area contributed by atoms with Gasteiger partial charge < -0.3 is 25.2 Å². The Hall–Kier alpha value is -2.56. The molecule has 3 N–H and O–H groups in total. The zero-order chi connectivity index (χ0) is 26.2. The summed E-state index contributed by atoms with van der Waals surface area (Å²) in [4.78, 5) is 29.9. The fourth-order valence-corrected chi connectivity index (χ4v) is 5.82. The number of pyridine rings is 1. The molecule has 2 aliphatic rings. The Bertz CT molecular complexity index is 1090. The minimum Gasteiger partial charge on any atom is -0.489 e. The van der Waals surface area contributed by atoms with Crippen LogP contribution in [0.2, 0.25) is 5.02 Å². The normalized spacial score (nSPS) is 20.2. The van der Waals surface area contributed by atoms with Crippen molar-refractivity contribution in [2.24, 2.45) is 0 Å². The highest BCUT2D eigenvalue weighted by Gasteiger charge is 2.27. The molecule has 1 aromatic heterocycles. The fourth-order valence-electron chi connectivity index (χ4n) is 4.53. The van der Waals surface area contributed by atoms with Crippen LogP contribution >= 0.6 is 23.4 Å². The molecule has 37 heavy (non-hydrogen) atoms. The molecule has 200 valence electrons. The van der Waals surface area contributed by atoms with E-state index in [2.05, 4.69) is 15.6 Å². The fraction of sp³-hybridized carbons (Fsp3) is 0.500. The monoisotopic (exact) mass is 551 g/mol. The first-order chi connectivity index (χ1) is 17.9. The molecular weight excluding hydrogens is 521 g/mol. The van der Waals surface area contributed by atoms with Crippen LogP contribution in [0.25, 0.3) is 0 Å². The summed E-state index contributed by atoms with van der Waals surface area (Å²) < 4.78 is 25.4. The minimum atomic E-state index is -0.591. The van der Waals surface area contributed by atoms with Crippen molar-refractivity contribution in [3.63, 3.8) is 0 Å². The summed E-state index contributed by atoms with van der Waals surface area (Å²) in [5.41, 5.74) is 0.407. The van der Waals surface area contributed by atoms with E-state index in [1.807, 2.05) is 11.8 Å². The number of aromatic nitrogens is 1. The lowest BCUT2D eigenvalue weighted by molar-refractivity contribution is 0.0883. The highest BCUT2D eigenvalue weighted by Crippen LogP contribution is 2.30. The van der Waals surface area contributed by atoms with Crippen LogP contribution in [0.3, 0.4) is 0 Å². The number of hydrogen-bond acceptors (Lipinski definition) is 7. The first kappa shape index (κ1) is 27.5. The van der Waals surface area contributed by atoms with E-state index in [1.54, 1.807) is 18.2 Å². The number of amides is 2. The highest BCUT2D eigenvalue weighted by molar-refractivity contribution is 7.99. The number of halogens is 2. The summed E-state index contributed by atoms with van der Waals surface area (Å²) in [5, 5.41) is 15.3. The number of benzene rings is 1. The van der Waals surface area contributed by atoms with Gasteiger partial charge in [-0.25, -0.2) is 9.37 Å². The second-order valence-electron chi connectivity index (χ2n) is 9.12. The number of aliphatic hydroxyl groups excluding tert-OH is 1. The van der Waals surface area contributed by atoms with Crippen LogP contribution in [-0.4, -0.2) is 64.8 Å². The summed E-state index contributed by atoms with van der Waals surface area (Å²) in [6.45, 7) is -0.163. The Morgan fingerprint density at radius 3 is 2.35 bits per heavy atom. The number of rotatable bonds is 9. The number of thioether (sulfide) groups is 1. The van der Waals surface area contributed by atoms with E-state index in [0.717, 1.165) is 30.5 Å². The van der Waals surface area contributed by atoms with Crippen molar-refractivity contribution in [1.82, 2.24) is 15.6 Å². The van der Waals surface area contributed by atoms with E-state index in [1.165, 1.54) is 6.07 Å². The van der Waals surface area contributed by atoms with Crippen LogP contribution < -0.4 is 20.1 Å². The number of carbonyl (C=O) groups excluding carboxylic acids is 2. The summed E-state index contributed by atoms with van der Waals surface area (Å²) >= 11 is 8.05. The summed E-state index contributed by atoms with van der Waals surface area (Å²) in [6, 6.07) is 5.89. The molecule has 2 amide bonds. The van der Waals surface area contributed by atoms with Gasteiger partial charge in [0.15, 0.2) is 5.75 Å². The summed E-state index contributed by atoms with van der Waals surface area (Å²) in [6.07, 6.45) is 5.40. The molecule has 1 aromatic carbocycles. The van der Waals surface area contributed by atoms with Crippen molar-refractivity contribution in [3.05, 3.63) is 52.4 Å². The lowest BCUT2D eigenvalue weighted by Crippen LogP contribution is -2.44. The molecule has 4 rings (SSSR count). The second-order valence-corrected chi connectivity index (χ2v) is 10.8. The van der Waals surface area contributed by atoms with Gasteiger partial charge in [-0.1, -0.05) is 17.7 Å². The zero-order valence-corrected chi connectivity index (χ0v) is 22.0. The largest absolute Gasteiger partial charge is 0.489 e. The van der Waals surface area contributed by atoms with Gasteiger partial charge in [-0.05, 0) is 68.2 Å². The second kappa shape index (κ2) is 13.3. The SMILES string of the molecule is O=C(NC1CCC(NC(=O)c2cccc(Cl)c2OCCO)CC1)c1cc(F)cnc1OC1CCSCC1. The maximum Gasteiger partial charge on any atom is 0.257 e. The van der Waals surface area contributed by atoms with Crippen LogP contribution in [0.15, 0.2) is 30.5 Å². The molecule has 2 heterocycles. The third-order valence-corrected chi connectivity index (χ3v) is 7.80. The van der Waals surface area contributed by atoms with Crippen LogP contribution in [0.4, 0.5) is 4.39 Å². The quantitative estimate of drug-likeness (QED) is 0.432. The maximum atomic E-state index is 13.9. The molecule has 0 atom stereocenters. The van der Waals surface area contributed by atoms with Crippen LogP contribution in [-0.2, 0) is 0 Å². The molecule has 1 aliphatic carbocycles. The Morgan fingerprint density at radius 2 is 1.70 bits per heavy atom. The number of para-hydroxylation sites is 1. The summed E-state index contributed by atoms with van der Waals surface area (Å²) in [7, 11) is 0. The topological polar surface area (TPSA) is 110 Å². The molecule has 0 spiro atoms. The predicted molar refractivity (Wildman–Crippen MR) is 140 cm³/mol. The number of hydrogen-bond donors (Lipinski definition) is 3. The number of aliphatic hydroxyl groups is 1. The van der Waals surface area contributed by atoms with Gasteiger partial charge in [0.25, 0.3) is 11.8 Å². The third-order valence-electron chi connectivity index (χ3n) is 6.46. The molecule has 8 nitrogen and oxygen atoms in total. The third kappa shape index (κ3) is 7.49. The van der Waals surface area contributed by atoms with Gasteiger partial charge in [-0.15, -0.1) is 0 Å². The van der Waals surface area contributed by atoms with E-state index in [4.69, 9.17) is 26.2 Å². The Balaban J connectivity index is 1.32. The van der Waals surface area contributed by atoms with Crippen molar-refractivity contribution in [3.8, 4) is 11.6 Å². The molecule has 0 unspecified atom stereocenters. The lowest BCUT2D eigenvalue weighted by atomic mass is 9.90. The molecule has 1 saturated heterocycles. The van der Waals surface area contributed by atoms with Crippen LogP contribution in [0.1, 0.15) is 59.2 Å². The minimum absolute atomic E-state index is 0.0288. The average molecular weight is 552 g/mol. The van der Waals surface area contributed by atoms with Crippen molar-refractivity contribution < 1.29 is 28.6 Å². The molecule has 2 aromatic rings. The molecular formula is C26H31ClFN3O5S. The van der Waals surface area contributed by atoms with Crippen molar-refractivity contribution in [1.29, 1.82) is 0 Å². The highest BCUT2D eigenvalue weighted by atomic mass is 35.5. The van der Waals surface area contributed by atoms with E-state index in [-0.39, 0.29) is 54.5 Å². The summed E-state index contributed by atoms with van der Waals surface area (Å²) in [5.74, 6) is 1.07. The van der Waals surface area contributed by atoms with Crippen molar-refractivity contribution >= 4 is 35.2 Å². The lowest BCUT2D eigenvalue weighted by Gasteiger charge is -2.30. The van der Waals surface area contributed by atoms with Gasteiger partial charge in [0.05, 0.1) is 23.4 Å². The van der Waals surface area contributed by atoms with Crippen LogP contribution in [0.5, 0.6) is 11.6 Å². The van der Waals surface area contributed by atoms with E-state index >= 15 is 0 Å². The Morgan fingerprint density at radius 1 is 1.05 bits per heavy atom. The maximum absolute atomic E-state index is 13.9. The molecule has 0 radical (unpaired) electrons. The number of nitrogens with one attached hydrogen (secondary N) is 2. The molecule has 2 fully saturated rings. The first-order valence-electron chi connectivity index (χ1n) is 12.5. The van der Waals surface area contributed by atoms with Gasteiger partial charge in [-0.2, -0.15) is 11.8 Å². The van der Waals surface area contributed by atoms with Gasteiger partial charge in [0, 0.05) is 12.1 Å². The standard InChI is InChI=1S/C26H31ClFN3O5S/c27-22-3-1-2-20(23(22)35-11-10-32)24(33)30-17-4-6-18(7-5-17)31-25(34)21-14-16(28)15-29-26(21)36-19-8-12-37-13-9-19/h1-3,14-15,17-19,32H,4-13H2,(H,30,33)(H,31,34).